The van der Waals surface area contributed by atoms with Crippen LogP contribution in [0.25, 0.3) is 11.4 Å². The van der Waals surface area contributed by atoms with Gasteiger partial charge in [-0.05, 0) is 36.1 Å². The SMILES string of the molecule is CSc1ccc(CNC(=O)CCc2nc(-c3cccc(F)c3)no2)cc1. The minimum absolute atomic E-state index is 0.0931. The predicted octanol–water partition coefficient (Wildman–Crippen LogP) is 3.85. The molecule has 0 saturated heterocycles. The van der Waals surface area contributed by atoms with Gasteiger partial charge in [-0.1, -0.05) is 29.4 Å². The van der Waals surface area contributed by atoms with Gasteiger partial charge >= 0.3 is 0 Å². The molecule has 0 unspecified atom stereocenters. The van der Waals surface area contributed by atoms with Crippen molar-refractivity contribution in [2.45, 2.75) is 24.3 Å². The molecule has 0 aliphatic carbocycles. The molecule has 0 saturated carbocycles. The third-order valence-corrected chi connectivity index (χ3v) is 4.51. The Balaban J connectivity index is 1.48. The molecular formula is C19H18FN3O2S. The molecule has 1 aromatic heterocycles. The summed E-state index contributed by atoms with van der Waals surface area (Å²) in [6.07, 6.45) is 2.60. The molecule has 3 rings (SSSR count). The minimum atomic E-state index is -0.362. The molecule has 0 aliphatic heterocycles. The lowest BCUT2D eigenvalue weighted by Gasteiger charge is -2.05. The lowest BCUT2D eigenvalue weighted by Crippen LogP contribution is -2.23. The fourth-order valence-electron chi connectivity index (χ4n) is 2.35. The first kappa shape index (κ1) is 18.1. The van der Waals surface area contributed by atoms with Crippen LogP contribution in [0.15, 0.2) is 57.9 Å². The first-order valence-corrected chi connectivity index (χ1v) is 9.34. The fraction of sp³-hybridized carbons (Fsp3) is 0.211. The van der Waals surface area contributed by atoms with Crippen molar-refractivity contribution in [1.29, 1.82) is 0 Å². The molecule has 7 heteroatoms. The van der Waals surface area contributed by atoms with E-state index in [1.165, 1.54) is 17.0 Å². The van der Waals surface area contributed by atoms with E-state index in [9.17, 15) is 9.18 Å². The molecule has 134 valence electrons. The Morgan fingerprint density at radius 2 is 2.04 bits per heavy atom. The number of aryl methyl sites for hydroxylation is 1. The van der Waals surface area contributed by atoms with E-state index < -0.39 is 0 Å². The monoisotopic (exact) mass is 371 g/mol. The fourth-order valence-corrected chi connectivity index (χ4v) is 2.76. The maximum atomic E-state index is 13.2. The molecule has 0 spiro atoms. The van der Waals surface area contributed by atoms with Crippen LogP contribution in [0.1, 0.15) is 17.9 Å². The summed E-state index contributed by atoms with van der Waals surface area (Å²) in [5.74, 6) is 0.209. The van der Waals surface area contributed by atoms with Crippen molar-refractivity contribution in [3.63, 3.8) is 0 Å². The molecule has 2 aromatic carbocycles. The largest absolute Gasteiger partial charge is 0.352 e. The van der Waals surface area contributed by atoms with Crippen LogP contribution in [-0.4, -0.2) is 22.3 Å². The summed E-state index contributed by atoms with van der Waals surface area (Å²) >= 11 is 1.68. The Hall–Kier alpha value is -2.67. The third-order valence-electron chi connectivity index (χ3n) is 3.77. The molecule has 0 fully saturated rings. The number of nitrogens with zero attached hydrogens (tertiary/aromatic N) is 2. The van der Waals surface area contributed by atoms with Crippen molar-refractivity contribution in [3.05, 3.63) is 65.8 Å². The van der Waals surface area contributed by atoms with Crippen LogP contribution in [-0.2, 0) is 17.8 Å². The van der Waals surface area contributed by atoms with E-state index in [0.29, 0.717) is 30.2 Å². The molecule has 1 heterocycles. The van der Waals surface area contributed by atoms with Gasteiger partial charge in [-0.3, -0.25) is 4.79 Å². The molecule has 0 radical (unpaired) electrons. The van der Waals surface area contributed by atoms with E-state index in [0.717, 1.165) is 5.56 Å². The number of hydrogen-bond donors (Lipinski definition) is 1. The molecule has 0 atom stereocenters. The number of nitrogens with one attached hydrogen (secondary N) is 1. The Kier molecular flexibility index (Phi) is 6.01. The zero-order chi connectivity index (χ0) is 18.4. The van der Waals surface area contributed by atoms with Crippen LogP contribution in [0.3, 0.4) is 0 Å². The van der Waals surface area contributed by atoms with Gasteiger partial charge in [0.05, 0.1) is 0 Å². The molecule has 0 aliphatic rings. The van der Waals surface area contributed by atoms with Gasteiger partial charge in [-0.25, -0.2) is 4.39 Å². The van der Waals surface area contributed by atoms with E-state index in [4.69, 9.17) is 4.52 Å². The van der Waals surface area contributed by atoms with Crippen molar-refractivity contribution in [3.8, 4) is 11.4 Å². The van der Waals surface area contributed by atoms with E-state index in [1.54, 1.807) is 23.9 Å². The summed E-state index contributed by atoms with van der Waals surface area (Å²) in [4.78, 5) is 17.4. The first-order chi connectivity index (χ1) is 12.6. The van der Waals surface area contributed by atoms with E-state index in [1.807, 2.05) is 30.5 Å². The average Bonchev–Trinajstić information content (AvgIpc) is 3.14. The average molecular weight is 371 g/mol. The van der Waals surface area contributed by atoms with Crippen molar-refractivity contribution in [2.24, 2.45) is 0 Å². The van der Waals surface area contributed by atoms with Gasteiger partial charge in [0.2, 0.25) is 17.6 Å². The van der Waals surface area contributed by atoms with Crippen molar-refractivity contribution < 1.29 is 13.7 Å². The number of hydrogen-bond acceptors (Lipinski definition) is 5. The van der Waals surface area contributed by atoms with E-state index in [-0.39, 0.29) is 18.1 Å². The van der Waals surface area contributed by atoms with Crippen LogP contribution in [0, 0.1) is 5.82 Å². The van der Waals surface area contributed by atoms with Gasteiger partial charge in [0.1, 0.15) is 5.82 Å². The maximum absolute atomic E-state index is 13.2. The lowest BCUT2D eigenvalue weighted by molar-refractivity contribution is -0.121. The summed E-state index contributed by atoms with van der Waals surface area (Å²) in [5.41, 5.74) is 1.58. The standard InChI is InChI=1S/C19H18FN3O2S/c1-26-16-7-5-13(6-8-16)12-21-17(24)9-10-18-22-19(23-25-18)14-3-2-4-15(20)11-14/h2-8,11H,9-10,12H2,1H3,(H,21,24). The second kappa shape index (κ2) is 8.62. The van der Waals surface area contributed by atoms with Crippen molar-refractivity contribution in [2.75, 3.05) is 6.26 Å². The Bertz CT molecular complexity index is 881. The number of carbonyl (C=O) groups is 1. The molecule has 1 amide bonds. The number of thioether (sulfide) groups is 1. The number of amides is 1. The highest BCUT2D eigenvalue weighted by atomic mass is 32.2. The zero-order valence-electron chi connectivity index (χ0n) is 14.2. The predicted molar refractivity (Wildman–Crippen MR) is 98.1 cm³/mol. The van der Waals surface area contributed by atoms with Crippen LogP contribution in [0.2, 0.25) is 0 Å². The summed E-state index contributed by atoms with van der Waals surface area (Å²) in [7, 11) is 0. The number of carbonyl (C=O) groups excluding carboxylic acids is 1. The molecule has 5 nitrogen and oxygen atoms in total. The molecule has 3 aromatic rings. The molecular weight excluding hydrogens is 353 g/mol. The smallest absolute Gasteiger partial charge is 0.227 e. The zero-order valence-corrected chi connectivity index (χ0v) is 15.1. The van der Waals surface area contributed by atoms with Crippen LogP contribution >= 0.6 is 11.8 Å². The number of rotatable bonds is 7. The van der Waals surface area contributed by atoms with E-state index >= 15 is 0 Å². The number of benzene rings is 2. The Morgan fingerprint density at radius 1 is 1.23 bits per heavy atom. The highest BCUT2D eigenvalue weighted by Gasteiger charge is 2.11. The maximum Gasteiger partial charge on any atom is 0.227 e. The van der Waals surface area contributed by atoms with Gasteiger partial charge in [0.25, 0.3) is 0 Å². The topological polar surface area (TPSA) is 68.0 Å². The second-order valence-electron chi connectivity index (χ2n) is 5.65. The highest BCUT2D eigenvalue weighted by molar-refractivity contribution is 7.98. The van der Waals surface area contributed by atoms with Crippen LogP contribution in [0.4, 0.5) is 4.39 Å². The van der Waals surface area contributed by atoms with Crippen LogP contribution in [0.5, 0.6) is 0 Å². The summed E-state index contributed by atoms with van der Waals surface area (Å²) in [6.45, 7) is 0.478. The van der Waals surface area contributed by atoms with Crippen molar-refractivity contribution in [1.82, 2.24) is 15.5 Å². The minimum Gasteiger partial charge on any atom is -0.352 e. The molecule has 0 bridgehead atoms. The first-order valence-electron chi connectivity index (χ1n) is 8.12. The molecule has 26 heavy (non-hydrogen) atoms. The van der Waals surface area contributed by atoms with Crippen LogP contribution < -0.4 is 5.32 Å². The Labute approximate surface area is 155 Å². The number of aromatic nitrogens is 2. The van der Waals surface area contributed by atoms with Gasteiger partial charge in [0, 0.05) is 29.8 Å². The second-order valence-corrected chi connectivity index (χ2v) is 6.53. The lowest BCUT2D eigenvalue weighted by atomic mass is 10.2. The number of halogens is 1. The third kappa shape index (κ3) is 4.92. The van der Waals surface area contributed by atoms with E-state index in [2.05, 4.69) is 15.5 Å². The Morgan fingerprint density at radius 3 is 2.77 bits per heavy atom. The quantitative estimate of drug-likeness (QED) is 0.639. The summed E-state index contributed by atoms with van der Waals surface area (Å²) < 4.78 is 18.4. The van der Waals surface area contributed by atoms with Gasteiger partial charge < -0.3 is 9.84 Å². The highest BCUT2D eigenvalue weighted by Crippen LogP contribution is 2.17. The van der Waals surface area contributed by atoms with Gasteiger partial charge in [0.15, 0.2) is 0 Å². The van der Waals surface area contributed by atoms with Crippen molar-refractivity contribution >= 4 is 17.7 Å². The van der Waals surface area contributed by atoms with Gasteiger partial charge in [-0.2, -0.15) is 4.98 Å². The summed E-state index contributed by atoms with van der Waals surface area (Å²) in [5, 5.41) is 6.70. The van der Waals surface area contributed by atoms with Gasteiger partial charge in [-0.15, -0.1) is 11.8 Å². The summed E-state index contributed by atoms with van der Waals surface area (Å²) in [6, 6.07) is 14.0. The normalized spacial score (nSPS) is 10.7. The molecule has 1 N–H and O–H groups in total.